The van der Waals surface area contributed by atoms with Gasteiger partial charge in [-0.15, -0.1) is 0 Å². The first kappa shape index (κ1) is 16.7. The lowest BCUT2D eigenvalue weighted by molar-refractivity contribution is 0.322. The van der Waals surface area contributed by atoms with Crippen LogP contribution >= 0.6 is 11.6 Å². The Labute approximate surface area is 146 Å². The monoisotopic (exact) mass is 343 g/mol. The molecule has 0 aliphatic carbocycles. The largest absolute Gasteiger partial charge is 0.252 e. The maximum atomic E-state index is 13.4. The quantitative estimate of drug-likeness (QED) is 0.664. The Kier molecular flexibility index (Phi) is 4.67. The Morgan fingerprint density at radius 3 is 2.50 bits per heavy atom. The molecule has 3 aromatic rings. The molecule has 0 amide bonds. The second kappa shape index (κ2) is 6.73. The van der Waals surface area contributed by atoms with E-state index < -0.39 is 0 Å². The van der Waals surface area contributed by atoms with Gasteiger partial charge in [-0.3, -0.25) is 4.68 Å². The first-order chi connectivity index (χ1) is 11.5. The minimum Gasteiger partial charge on any atom is -0.252 e. The molecule has 2 atom stereocenters. The van der Waals surface area contributed by atoms with Crippen LogP contribution in [-0.2, 0) is 12.0 Å². The SMILES string of the molecule is CC(c1ccccc1Cl)C(C)(Cn1cncn1)c1ccc(F)cc1. The Balaban J connectivity index is 2.07. The molecule has 2 aromatic carbocycles. The fraction of sp³-hybridized carbons (Fsp3) is 0.263. The average Bonchev–Trinajstić information content (AvgIpc) is 3.08. The van der Waals surface area contributed by atoms with Gasteiger partial charge in [-0.25, -0.2) is 9.37 Å². The molecule has 24 heavy (non-hydrogen) atoms. The molecular formula is C19H19ClFN3. The third-order valence-corrected chi connectivity index (χ3v) is 5.13. The standard InChI is InChI=1S/C19H19ClFN3/c1-14(17-5-3-4-6-18(17)20)19(2,11-24-13-22-12-23-24)15-7-9-16(21)10-8-15/h3-10,12-14H,11H2,1-2H3. The van der Waals surface area contributed by atoms with Crippen LogP contribution in [0.1, 0.15) is 30.9 Å². The van der Waals surface area contributed by atoms with Gasteiger partial charge in [-0.05, 0) is 35.2 Å². The van der Waals surface area contributed by atoms with E-state index in [0.29, 0.717) is 6.54 Å². The Morgan fingerprint density at radius 1 is 1.17 bits per heavy atom. The predicted octanol–water partition coefficient (Wildman–Crippen LogP) is 4.83. The molecule has 3 nitrogen and oxygen atoms in total. The molecule has 5 heteroatoms. The summed E-state index contributed by atoms with van der Waals surface area (Å²) in [6.45, 7) is 4.91. The molecule has 0 radical (unpaired) electrons. The van der Waals surface area contributed by atoms with Crippen molar-refractivity contribution in [2.24, 2.45) is 0 Å². The second-order valence-electron chi connectivity index (χ2n) is 6.26. The topological polar surface area (TPSA) is 30.7 Å². The van der Waals surface area contributed by atoms with Crippen LogP contribution in [0.15, 0.2) is 61.2 Å². The molecule has 0 saturated carbocycles. The fourth-order valence-electron chi connectivity index (χ4n) is 3.13. The lowest BCUT2D eigenvalue weighted by Gasteiger charge is -2.37. The summed E-state index contributed by atoms with van der Waals surface area (Å²) in [5, 5.41) is 4.97. The average molecular weight is 344 g/mol. The van der Waals surface area contributed by atoms with Gasteiger partial charge >= 0.3 is 0 Å². The molecule has 3 rings (SSSR count). The molecule has 2 unspecified atom stereocenters. The number of rotatable bonds is 5. The summed E-state index contributed by atoms with van der Waals surface area (Å²) >= 11 is 6.42. The smallest absolute Gasteiger partial charge is 0.137 e. The van der Waals surface area contributed by atoms with Crippen LogP contribution in [-0.4, -0.2) is 14.8 Å². The van der Waals surface area contributed by atoms with Crippen LogP contribution in [0.5, 0.6) is 0 Å². The summed E-state index contributed by atoms with van der Waals surface area (Å²) in [5.41, 5.74) is 1.77. The minimum absolute atomic E-state index is 0.0980. The van der Waals surface area contributed by atoms with E-state index in [1.807, 2.05) is 36.4 Å². The zero-order valence-corrected chi connectivity index (χ0v) is 14.4. The third-order valence-electron chi connectivity index (χ3n) is 4.79. The van der Waals surface area contributed by atoms with Crippen LogP contribution in [0.4, 0.5) is 4.39 Å². The number of hydrogen-bond acceptors (Lipinski definition) is 2. The first-order valence-electron chi connectivity index (χ1n) is 7.83. The van der Waals surface area contributed by atoms with Gasteiger partial charge in [0.25, 0.3) is 0 Å². The highest BCUT2D eigenvalue weighted by Gasteiger charge is 2.36. The molecule has 0 bridgehead atoms. The van der Waals surface area contributed by atoms with E-state index in [9.17, 15) is 4.39 Å². The van der Waals surface area contributed by atoms with Gasteiger partial charge in [0.05, 0.1) is 6.54 Å². The summed E-state index contributed by atoms with van der Waals surface area (Å²) in [7, 11) is 0. The van der Waals surface area contributed by atoms with Gasteiger partial charge in [0.15, 0.2) is 0 Å². The lowest BCUT2D eigenvalue weighted by atomic mass is 9.69. The number of benzene rings is 2. The van der Waals surface area contributed by atoms with E-state index in [-0.39, 0.29) is 17.2 Å². The van der Waals surface area contributed by atoms with Gasteiger partial charge in [-0.1, -0.05) is 55.8 Å². The van der Waals surface area contributed by atoms with Crippen LogP contribution < -0.4 is 0 Å². The molecule has 124 valence electrons. The van der Waals surface area contributed by atoms with Crippen LogP contribution in [0, 0.1) is 5.82 Å². The van der Waals surface area contributed by atoms with Crippen molar-refractivity contribution in [2.75, 3.05) is 0 Å². The van der Waals surface area contributed by atoms with Crippen molar-refractivity contribution in [1.29, 1.82) is 0 Å². The van der Waals surface area contributed by atoms with E-state index in [4.69, 9.17) is 11.6 Å². The third kappa shape index (κ3) is 3.20. The molecule has 1 aromatic heterocycles. The zero-order chi connectivity index (χ0) is 17.2. The molecule has 0 aliphatic heterocycles. The highest BCUT2D eigenvalue weighted by Crippen LogP contribution is 2.42. The number of halogens is 2. The molecular weight excluding hydrogens is 325 g/mol. The fourth-order valence-corrected chi connectivity index (χ4v) is 3.43. The van der Waals surface area contributed by atoms with Gasteiger partial charge in [0, 0.05) is 10.4 Å². The Morgan fingerprint density at radius 2 is 1.88 bits per heavy atom. The summed E-state index contributed by atoms with van der Waals surface area (Å²) in [4.78, 5) is 4.03. The van der Waals surface area contributed by atoms with E-state index in [1.54, 1.807) is 11.0 Å². The van der Waals surface area contributed by atoms with E-state index >= 15 is 0 Å². The van der Waals surface area contributed by atoms with E-state index in [1.165, 1.54) is 18.5 Å². The maximum absolute atomic E-state index is 13.4. The molecule has 1 heterocycles. The molecule has 0 aliphatic rings. The van der Waals surface area contributed by atoms with Crippen molar-refractivity contribution >= 4 is 11.6 Å². The maximum Gasteiger partial charge on any atom is 0.137 e. The minimum atomic E-state index is -0.327. The zero-order valence-electron chi connectivity index (χ0n) is 13.7. The van der Waals surface area contributed by atoms with Crippen molar-refractivity contribution in [3.05, 3.63) is 83.2 Å². The summed E-state index contributed by atoms with van der Waals surface area (Å²) in [6.07, 6.45) is 3.21. The summed E-state index contributed by atoms with van der Waals surface area (Å²) in [5.74, 6) is -0.145. The lowest BCUT2D eigenvalue weighted by Crippen LogP contribution is -2.34. The molecule has 0 N–H and O–H groups in total. The Bertz CT molecular complexity index is 802. The molecule has 0 saturated heterocycles. The first-order valence-corrected chi connectivity index (χ1v) is 8.21. The van der Waals surface area contributed by atoms with Crippen LogP contribution in [0.3, 0.4) is 0 Å². The van der Waals surface area contributed by atoms with E-state index in [2.05, 4.69) is 23.9 Å². The van der Waals surface area contributed by atoms with Crippen molar-refractivity contribution in [3.63, 3.8) is 0 Å². The predicted molar refractivity (Wildman–Crippen MR) is 93.6 cm³/mol. The summed E-state index contributed by atoms with van der Waals surface area (Å²) in [6, 6.07) is 14.5. The second-order valence-corrected chi connectivity index (χ2v) is 6.67. The van der Waals surface area contributed by atoms with Crippen molar-refractivity contribution in [1.82, 2.24) is 14.8 Å². The van der Waals surface area contributed by atoms with Gasteiger partial charge in [0.2, 0.25) is 0 Å². The van der Waals surface area contributed by atoms with Crippen molar-refractivity contribution < 1.29 is 4.39 Å². The van der Waals surface area contributed by atoms with Gasteiger partial charge in [-0.2, -0.15) is 5.10 Å². The Hall–Kier alpha value is -2.20. The van der Waals surface area contributed by atoms with Gasteiger partial charge in [0.1, 0.15) is 18.5 Å². The van der Waals surface area contributed by atoms with Crippen molar-refractivity contribution in [2.45, 2.75) is 31.7 Å². The molecule has 0 fully saturated rings. The normalized spacial score (nSPS) is 15.0. The highest BCUT2D eigenvalue weighted by molar-refractivity contribution is 6.31. The van der Waals surface area contributed by atoms with Gasteiger partial charge < -0.3 is 0 Å². The number of hydrogen-bond donors (Lipinski definition) is 0. The van der Waals surface area contributed by atoms with Crippen LogP contribution in [0.25, 0.3) is 0 Å². The number of nitrogens with zero attached hydrogens (tertiary/aromatic N) is 3. The van der Waals surface area contributed by atoms with Crippen LogP contribution in [0.2, 0.25) is 5.02 Å². The van der Waals surface area contributed by atoms with E-state index in [0.717, 1.165) is 16.1 Å². The molecule has 0 spiro atoms. The van der Waals surface area contributed by atoms with Crippen molar-refractivity contribution in [3.8, 4) is 0 Å². The summed E-state index contributed by atoms with van der Waals surface area (Å²) < 4.78 is 15.2. The highest BCUT2D eigenvalue weighted by atomic mass is 35.5. The number of aromatic nitrogens is 3.